The summed E-state index contributed by atoms with van der Waals surface area (Å²) in [4.78, 5) is 0. The Bertz CT molecular complexity index is 558. The van der Waals surface area contributed by atoms with Crippen LogP contribution in [0, 0.1) is 0 Å². The zero-order valence-corrected chi connectivity index (χ0v) is 13.5. The van der Waals surface area contributed by atoms with Crippen molar-refractivity contribution in [2.24, 2.45) is 0 Å². The number of benzene rings is 2. The van der Waals surface area contributed by atoms with E-state index in [1.165, 1.54) is 11.1 Å². The van der Waals surface area contributed by atoms with Crippen LogP contribution in [0.3, 0.4) is 0 Å². The third-order valence-corrected chi connectivity index (χ3v) is 4.21. The number of hydrogen-bond acceptors (Lipinski definition) is 3. The van der Waals surface area contributed by atoms with Gasteiger partial charge in [0.2, 0.25) is 0 Å². The topological polar surface area (TPSA) is 30.5 Å². The molecule has 3 rings (SSSR count). The average molecular weight is 311 g/mol. The molecular formula is C20H25NO2. The van der Waals surface area contributed by atoms with E-state index in [1.54, 1.807) is 0 Å². The normalized spacial score (nSPS) is 21.2. The van der Waals surface area contributed by atoms with Gasteiger partial charge in [-0.15, -0.1) is 0 Å². The molecule has 122 valence electrons. The van der Waals surface area contributed by atoms with Gasteiger partial charge in [-0.25, -0.2) is 0 Å². The Morgan fingerprint density at radius 1 is 0.870 bits per heavy atom. The first kappa shape index (κ1) is 16.2. The van der Waals surface area contributed by atoms with Crippen molar-refractivity contribution in [1.29, 1.82) is 0 Å². The molecule has 2 atom stereocenters. The van der Waals surface area contributed by atoms with Gasteiger partial charge < -0.3 is 14.8 Å². The smallest absolute Gasteiger partial charge is 0.0720 e. The zero-order chi connectivity index (χ0) is 15.7. The van der Waals surface area contributed by atoms with Crippen LogP contribution in [0.1, 0.15) is 24.0 Å². The summed E-state index contributed by atoms with van der Waals surface area (Å²) in [5.41, 5.74) is 2.46. The lowest BCUT2D eigenvalue weighted by molar-refractivity contribution is -0.00468. The Labute approximate surface area is 138 Å². The highest BCUT2D eigenvalue weighted by molar-refractivity contribution is 5.14. The summed E-state index contributed by atoms with van der Waals surface area (Å²) in [6, 6.07) is 21.1. The molecule has 3 heteroatoms. The number of hydrogen-bond donors (Lipinski definition) is 1. The maximum atomic E-state index is 6.07. The number of nitrogens with one attached hydrogen (secondary N) is 1. The highest BCUT2D eigenvalue weighted by Crippen LogP contribution is 2.15. The Balaban J connectivity index is 1.38. The van der Waals surface area contributed by atoms with Crippen molar-refractivity contribution < 1.29 is 9.47 Å². The second kappa shape index (κ2) is 8.82. The minimum Gasteiger partial charge on any atom is -0.375 e. The molecule has 1 fully saturated rings. The van der Waals surface area contributed by atoms with Gasteiger partial charge in [-0.2, -0.15) is 0 Å². The fourth-order valence-corrected chi connectivity index (χ4v) is 2.93. The quantitative estimate of drug-likeness (QED) is 0.848. The van der Waals surface area contributed by atoms with Crippen LogP contribution >= 0.6 is 0 Å². The van der Waals surface area contributed by atoms with Crippen LogP contribution in [0.25, 0.3) is 0 Å². The predicted molar refractivity (Wildman–Crippen MR) is 92.1 cm³/mol. The summed E-state index contributed by atoms with van der Waals surface area (Å²) >= 11 is 0. The highest BCUT2D eigenvalue weighted by Gasteiger charge is 2.22. The van der Waals surface area contributed by atoms with Crippen LogP contribution in [0.15, 0.2) is 60.7 Å². The van der Waals surface area contributed by atoms with Crippen LogP contribution < -0.4 is 5.32 Å². The van der Waals surface area contributed by atoms with Gasteiger partial charge in [0.15, 0.2) is 0 Å². The maximum Gasteiger partial charge on any atom is 0.0720 e. The molecule has 2 aromatic rings. The first-order valence-electron chi connectivity index (χ1n) is 8.41. The van der Waals surface area contributed by atoms with Crippen molar-refractivity contribution in [2.75, 3.05) is 13.2 Å². The van der Waals surface area contributed by atoms with Crippen LogP contribution in [0.2, 0.25) is 0 Å². The van der Waals surface area contributed by atoms with Gasteiger partial charge in [0.1, 0.15) is 0 Å². The summed E-state index contributed by atoms with van der Waals surface area (Å²) in [5.74, 6) is 0. The van der Waals surface area contributed by atoms with Crippen molar-refractivity contribution >= 4 is 0 Å². The lowest BCUT2D eigenvalue weighted by atomic mass is 10.0. The predicted octanol–water partition coefficient (Wildman–Crippen LogP) is 3.54. The van der Waals surface area contributed by atoms with E-state index in [0.717, 1.165) is 26.0 Å². The van der Waals surface area contributed by atoms with E-state index in [-0.39, 0.29) is 0 Å². The van der Waals surface area contributed by atoms with Crippen LogP contribution in [-0.2, 0) is 22.7 Å². The largest absolute Gasteiger partial charge is 0.375 e. The highest BCUT2D eigenvalue weighted by atomic mass is 16.5. The molecule has 0 saturated carbocycles. The van der Waals surface area contributed by atoms with Crippen molar-refractivity contribution in [3.05, 3.63) is 71.8 Å². The minimum atomic E-state index is 0.321. The molecule has 0 radical (unpaired) electrons. The molecular weight excluding hydrogens is 286 g/mol. The van der Waals surface area contributed by atoms with Gasteiger partial charge in [0.05, 0.1) is 25.9 Å². The lowest BCUT2D eigenvalue weighted by Gasteiger charge is -2.30. The van der Waals surface area contributed by atoms with Crippen molar-refractivity contribution in [2.45, 2.75) is 38.2 Å². The molecule has 1 saturated heterocycles. The van der Waals surface area contributed by atoms with Crippen molar-refractivity contribution in [3.8, 4) is 0 Å². The number of rotatable bonds is 7. The molecule has 3 nitrogen and oxygen atoms in total. The zero-order valence-electron chi connectivity index (χ0n) is 13.5. The Kier molecular flexibility index (Phi) is 6.21. The Morgan fingerprint density at radius 2 is 1.52 bits per heavy atom. The molecule has 0 aromatic heterocycles. The molecule has 1 heterocycles. The second-order valence-electron chi connectivity index (χ2n) is 6.09. The van der Waals surface area contributed by atoms with Gasteiger partial charge in [-0.1, -0.05) is 60.7 Å². The van der Waals surface area contributed by atoms with E-state index >= 15 is 0 Å². The monoisotopic (exact) mass is 311 g/mol. The minimum absolute atomic E-state index is 0.321. The second-order valence-corrected chi connectivity index (χ2v) is 6.09. The Morgan fingerprint density at radius 3 is 2.22 bits per heavy atom. The molecule has 0 bridgehead atoms. The third-order valence-electron chi connectivity index (χ3n) is 4.21. The number of piperidine rings is 1. The lowest BCUT2D eigenvalue weighted by Crippen LogP contribution is -2.43. The number of ether oxygens (including phenoxy) is 2. The standard InChI is InChI=1S/C20H25NO2/c1-3-7-17(8-4-1)14-22-16-19-13-20(11-12-21-19)23-15-18-9-5-2-6-10-18/h1-10,19-21H,11-16H2. The van der Waals surface area contributed by atoms with Gasteiger partial charge >= 0.3 is 0 Å². The SMILES string of the molecule is c1ccc(COCC2CC(OCc3ccccc3)CCN2)cc1. The molecule has 23 heavy (non-hydrogen) atoms. The Hall–Kier alpha value is -1.68. The van der Waals surface area contributed by atoms with Crippen LogP contribution in [-0.4, -0.2) is 25.3 Å². The summed E-state index contributed by atoms with van der Waals surface area (Å²) in [5, 5.41) is 3.53. The van der Waals surface area contributed by atoms with Gasteiger partial charge in [-0.05, 0) is 30.5 Å². The summed E-state index contributed by atoms with van der Waals surface area (Å²) in [6.07, 6.45) is 2.41. The van der Waals surface area contributed by atoms with Gasteiger partial charge in [0, 0.05) is 6.04 Å². The van der Waals surface area contributed by atoms with E-state index in [1.807, 2.05) is 24.3 Å². The third kappa shape index (κ3) is 5.47. The maximum absolute atomic E-state index is 6.07. The fourth-order valence-electron chi connectivity index (χ4n) is 2.93. The first-order valence-corrected chi connectivity index (χ1v) is 8.41. The average Bonchev–Trinajstić information content (AvgIpc) is 2.62. The molecule has 0 amide bonds. The van der Waals surface area contributed by atoms with E-state index in [2.05, 4.69) is 41.7 Å². The van der Waals surface area contributed by atoms with E-state index in [9.17, 15) is 0 Å². The molecule has 1 N–H and O–H groups in total. The summed E-state index contributed by atoms with van der Waals surface area (Å²) < 4.78 is 11.9. The van der Waals surface area contributed by atoms with Crippen molar-refractivity contribution in [1.82, 2.24) is 5.32 Å². The summed E-state index contributed by atoms with van der Waals surface area (Å²) in [6.45, 7) is 3.11. The molecule has 0 aliphatic carbocycles. The summed E-state index contributed by atoms with van der Waals surface area (Å²) in [7, 11) is 0. The molecule has 1 aliphatic heterocycles. The first-order chi connectivity index (χ1) is 11.4. The van der Waals surface area contributed by atoms with Crippen LogP contribution in [0.5, 0.6) is 0 Å². The van der Waals surface area contributed by atoms with E-state index < -0.39 is 0 Å². The van der Waals surface area contributed by atoms with E-state index in [4.69, 9.17) is 9.47 Å². The van der Waals surface area contributed by atoms with Crippen LogP contribution in [0.4, 0.5) is 0 Å². The molecule has 1 aliphatic rings. The molecule has 2 unspecified atom stereocenters. The van der Waals surface area contributed by atoms with Gasteiger partial charge in [-0.3, -0.25) is 0 Å². The van der Waals surface area contributed by atoms with E-state index in [0.29, 0.717) is 25.4 Å². The van der Waals surface area contributed by atoms with Crippen molar-refractivity contribution in [3.63, 3.8) is 0 Å². The fraction of sp³-hybridized carbons (Fsp3) is 0.400. The van der Waals surface area contributed by atoms with Gasteiger partial charge in [0.25, 0.3) is 0 Å². The molecule has 0 spiro atoms. The molecule has 2 aromatic carbocycles.